The molecule has 43 heavy (non-hydrogen) atoms. The van der Waals surface area contributed by atoms with Crippen molar-refractivity contribution in [2.45, 2.75) is 24.3 Å². The van der Waals surface area contributed by atoms with Crippen LogP contribution in [0.25, 0.3) is 5.69 Å². The molecule has 0 saturated heterocycles. The maximum absolute atomic E-state index is 13.7. The zero-order chi connectivity index (χ0) is 31.1. The maximum atomic E-state index is 13.7. The first kappa shape index (κ1) is 31.4. The number of benzene rings is 3. The fraction of sp³-hybridized carbons (Fsp3) is 0.179. The third-order valence-corrected chi connectivity index (χ3v) is 7.88. The maximum Gasteiger partial charge on any atom is 0.315 e. The smallest absolute Gasteiger partial charge is 0.315 e. The predicted octanol–water partition coefficient (Wildman–Crippen LogP) is 4.41. The largest absolute Gasteiger partial charge is 0.497 e. The fourth-order valence-corrected chi connectivity index (χ4v) is 5.40. The summed E-state index contributed by atoms with van der Waals surface area (Å²) in [6.07, 6.45) is -1.06. The molecular formula is C28H26ClF2N5O6S. The first-order chi connectivity index (χ1) is 20.5. The number of carbonyl (C=O) groups is 2. The molecule has 15 heteroatoms. The lowest BCUT2D eigenvalue weighted by molar-refractivity contribution is -0.126. The van der Waals surface area contributed by atoms with E-state index in [1.54, 1.807) is 42.5 Å². The predicted molar refractivity (Wildman–Crippen MR) is 156 cm³/mol. The Bertz CT molecular complexity index is 1750. The molecule has 0 fully saturated rings. The van der Waals surface area contributed by atoms with Crippen molar-refractivity contribution in [3.63, 3.8) is 0 Å². The van der Waals surface area contributed by atoms with Gasteiger partial charge in [-0.15, -0.1) is 0 Å². The van der Waals surface area contributed by atoms with E-state index in [-0.39, 0.29) is 34.9 Å². The van der Waals surface area contributed by atoms with Gasteiger partial charge < -0.3 is 20.1 Å². The average Bonchev–Trinajstić information content (AvgIpc) is 3.45. The van der Waals surface area contributed by atoms with Gasteiger partial charge in [0.2, 0.25) is 15.9 Å². The second kappa shape index (κ2) is 13.6. The Hall–Kier alpha value is -4.53. The summed E-state index contributed by atoms with van der Waals surface area (Å²) >= 11 is 6.16. The van der Waals surface area contributed by atoms with Gasteiger partial charge in [-0.25, -0.2) is 17.8 Å². The van der Waals surface area contributed by atoms with E-state index in [1.807, 2.05) is 5.32 Å². The lowest BCUT2D eigenvalue weighted by atomic mass is 10.1. The number of sulfonamides is 1. The molecule has 0 radical (unpaired) electrons. The summed E-state index contributed by atoms with van der Waals surface area (Å²) in [6.45, 7) is -0.174. The Labute approximate surface area is 250 Å². The van der Waals surface area contributed by atoms with Gasteiger partial charge in [0.05, 0.1) is 44.4 Å². The molecule has 4 rings (SSSR count). The Balaban J connectivity index is 1.66. The number of amides is 2. The molecule has 4 aromatic rings. The van der Waals surface area contributed by atoms with Crippen molar-refractivity contribution in [3.05, 3.63) is 89.2 Å². The minimum atomic E-state index is -4.31. The summed E-state index contributed by atoms with van der Waals surface area (Å²) in [6, 6.07) is 15.7. The van der Waals surface area contributed by atoms with Crippen LogP contribution < -0.4 is 24.8 Å². The van der Waals surface area contributed by atoms with Crippen LogP contribution in [-0.2, 0) is 32.6 Å². The van der Waals surface area contributed by atoms with E-state index < -0.39 is 28.3 Å². The number of aromatic nitrogens is 2. The number of carbonyl (C=O) groups excluding carboxylic acids is 2. The highest BCUT2D eigenvalue weighted by Crippen LogP contribution is 2.28. The summed E-state index contributed by atoms with van der Waals surface area (Å²) in [7, 11) is -1.39. The lowest BCUT2D eigenvalue weighted by Gasteiger charge is -2.15. The second-order valence-corrected chi connectivity index (χ2v) is 11.1. The molecule has 226 valence electrons. The first-order valence-corrected chi connectivity index (χ1v) is 14.4. The van der Waals surface area contributed by atoms with E-state index in [2.05, 4.69) is 15.1 Å². The summed E-state index contributed by atoms with van der Waals surface area (Å²) < 4.78 is 66.9. The lowest BCUT2D eigenvalue weighted by Crippen LogP contribution is -2.25. The van der Waals surface area contributed by atoms with E-state index in [0.29, 0.717) is 27.6 Å². The summed E-state index contributed by atoms with van der Waals surface area (Å²) in [5.74, 6) is -1.09. The zero-order valence-electron chi connectivity index (χ0n) is 22.8. The number of rotatable bonds is 12. The number of alkyl halides is 2. The summed E-state index contributed by atoms with van der Waals surface area (Å²) in [4.78, 5) is 23.9. The van der Waals surface area contributed by atoms with E-state index in [9.17, 15) is 26.8 Å². The van der Waals surface area contributed by atoms with E-state index in [4.69, 9.17) is 21.1 Å². The first-order valence-electron chi connectivity index (χ1n) is 12.5. The second-order valence-electron chi connectivity index (χ2n) is 8.96. The van der Waals surface area contributed by atoms with Crippen molar-refractivity contribution in [1.29, 1.82) is 0 Å². The molecule has 0 aliphatic heterocycles. The minimum Gasteiger partial charge on any atom is -0.497 e. The van der Waals surface area contributed by atoms with Crippen molar-refractivity contribution >= 4 is 44.8 Å². The van der Waals surface area contributed by atoms with E-state index in [0.717, 1.165) is 10.9 Å². The van der Waals surface area contributed by atoms with Crippen LogP contribution in [0, 0.1) is 0 Å². The third kappa shape index (κ3) is 7.85. The van der Waals surface area contributed by atoms with Crippen LogP contribution in [0.15, 0.2) is 78.0 Å². The number of anilines is 2. The molecule has 0 aliphatic rings. The highest BCUT2D eigenvalue weighted by Gasteiger charge is 2.23. The van der Waals surface area contributed by atoms with Gasteiger partial charge in [-0.2, -0.15) is 13.9 Å². The highest BCUT2D eigenvalue weighted by molar-refractivity contribution is 7.89. The number of nitrogens with one attached hydrogen (secondary N) is 3. The number of hydrogen-bond donors (Lipinski definition) is 3. The minimum absolute atomic E-state index is 0.0100. The number of nitrogens with zero attached hydrogens (tertiary/aromatic N) is 2. The summed E-state index contributed by atoms with van der Waals surface area (Å²) in [5, 5.41) is 9.09. The molecule has 0 unspecified atom stereocenters. The highest BCUT2D eigenvalue weighted by atomic mass is 35.5. The normalized spacial score (nSPS) is 11.3. The standard InChI is InChI=1S/C28H26ClF2N5O6S/c1-41-21-9-7-18(24(13-21)42-2)14-33-43(39,40)25-12-19(34-26(37)11-17-5-3-4-6-22(17)29)8-10-23(25)36-16-20(15-32-36)35-28(38)27(30)31/h3-10,12-13,15-16,27,33H,11,14H2,1-2H3,(H,34,37)(H,35,38). The van der Waals surface area contributed by atoms with Gasteiger partial charge in [0.25, 0.3) is 5.91 Å². The molecule has 1 heterocycles. The van der Waals surface area contributed by atoms with Gasteiger partial charge >= 0.3 is 6.43 Å². The molecule has 0 bridgehead atoms. The van der Waals surface area contributed by atoms with Crippen LogP contribution in [0.1, 0.15) is 11.1 Å². The van der Waals surface area contributed by atoms with Gasteiger partial charge in [-0.05, 0) is 35.9 Å². The van der Waals surface area contributed by atoms with Gasteiger partial charge in [-0.3, -0.25) is 9.59 Å². The number of ether oxygens (including phenoxy) is 2. The van der Waals surface area contributed by atoms with Gasteiger partial charge in [0.1, 0.15) is 16.4 Å². The number of halogens is 3. The molecule has 11 nitrogen and oxygen atoms in total. The van der Waals surface area contributed by atoms with Crippen LogP contribution in [0.4, 0.5) is 20.2 Å². The van der Waals surface area contributed by atoms with Gasteiger partial charge in [-0.1, -0.05) is 35.9 Å². The van der Waals surface area contributed by atoms with Crippen molar-refractivity contribution in [2.24, 2.45) is 0 Å². The van der Waals surface area contributed by atoms with Crippen molar-refractivity contribution in [1.82, 2.24) is 14.5 Å². The van der Waals surface area contributed by atoms with Crippen LogP contribution in [0.2, 0.25) is 5.02 Å². The summed E-state index contributed by atoms with van der Waals surface area (Å²) in [5.41, 5.74) is 1.17. The molecular weight excluding hydrogens is 608 g/mol. The number of hydrogen-bond acceptors (Lipinski definition) is 7. The van der Waals surface area contributed by atoms with Gasteiger partial charge in [0.15, 0.2) is 0 Å². The zero-order valence-corrected chi connectivity index (χ0v) is 24.4. The van der Waals surface area contributed by atoms with Crippen molar-refractivity contribution in [3.8, 4) is 17.2 Å². The van der Waals surface area contributed by atoms with Gasteiger partial charge in [0, 0.05) is 28.9 Å². The Morgan fingerprint density at radius 2 is 1.74 bits per heavy atom. The van der Waals surface area contributed by atoms with Crippen LogP contribution >= 0.6 is 11.6 Å². The molecule has 3 aromatic carbocycles. The molecule has 0 atom stereocenters. The molecule has 2 amide bonds. The Morgan fingerprint density at radius 3 is 2.44 bits per heavy atom. The number of methoxy groups -OCH3 is 2. The third-order valence-electron chi connectivity index (χ3n) is 6.08. The molecule has 0 aliphatic carbocycles. The topological polar surface area (TPSA) is 141 Å². The molecule has 0 saturated carbocycles. The molecule has 3 N–H and O–H groups in total. The Morgan fingerprint density at radius 1 is 0.977 bits per heavy atom. The van der Waals surface area contributed by atoms with Crippen LogP contribution in [0.5, 0.6) is 11.5 Å². The van der Waals surface area contributed by atoms with Crippen LogP contribution in [0.3, 0.4) is 0 Å². The SMILES string of the molecule is COc1ccc(CNS(=O)(=O)c2cc(NC(=O)Cc3ccccc3Cl)ccc2-n2cc(NC(=O)C(F)F)cn2)c(OC)c1. The molecule has 0 spiro atoms. The fourth-order valence-electron chi connectivity index (χ4n) is 3.98. The van der Waals surface area contributed by atoms with Crippen molar-refractivity contribution < 1.29 is 36.3 Å². The van der Waals surface area contributed by atoms with Crippen molar-refractivity contribution in [2.75, 3.05) is 24.9 Å². The van der Waals surface area contributed by atoms with E-state index in [1.165, 1.54) is 38.6 Å². The quantitative estimate of drug-likeness (QED) is 0.210. The Kier molecular flexibility index (Phi) is 9.95. The monoisotopic (exact) mass is 633 g/mol. The molecule has 1 aromatic heterocycles. The van der Waals surface area contributed by atoms with E-state index >= 15 is 0 Å². The van der Waals surface area contributed by atoms with Crippen LogP contribution in [-0.4, -0.2) is 50.7 Å². The average molecular weight is 634 g/mol.